The molecule has 0 spiro atoms. The molecule has 0 bridgehead atoms. The summed E-state index contributed by atoms with van der Waals surface area (Å²) in [5.74, 6) is 0.114. The Balaban J connectivity index is 1.42. The highest BCUT2D eigenvalue weighted by Crippen LogP contribution is 2.21. The molecule has 2 N–H and O–H groups in total. The number of nitrogens with zero attached hydrogens (tertiary/aromatic N) is 3. The van der Waals surface area contributed by atoms with Gasteiger partial charge in [-0.05, 0) is 42.5 Å². The van der Waals surface area contributed by atoms with Gasteiger partial charge in [-0.15, -0.1) is 10.2 Å². The van der Waals surface area contributed by atoms with Crippen molar-refractivity contribution in [2.24, 2.45) is 0 Å². The number of carbonyl (C=O) groups is 1. The first kappa shape index (κ1) is 19.0. The fraction of sp³-hybridized carbons (Fsp3) is 0.227. The van der Waals surface area contributed by atoms with Gasteiger partial charge in [-0.1, -0.05) is 18.2 Å². The number of carbonyl (C=O) groups excluding carboxylic acids is 1. The van der Waals surface area contributed by atoms with E-state index >= 15 is 0 Å². The molecule has 1 aromatic heterocycles. The number of hydrogen-bond donors (Lipinski definition) is 2. The Kier molecular flexibility index (Phi) is 5.48. The van der Waals surface area contributed by atoms with Gasteiger partial charge in [0.1, 0.15) is 5.82 Å². The molecule has 1 amide bonds. The maximum atomic E-state index is 13.3. The van der Waals surface area contributed by atoms with Crippen molar-refractivity contribution in [3.05, 3.63) is 72.0 Å². The summed E-state index contributed by atoms with van der Waals surface area (Å²) in [6.07, 6.45) is 0. The number of halogens is 1. The Morgan fingerprint density at radius 3 is 2.45 bits per heavy atom. The third-order valence-electron chi connectivity index (χ3n) is 5.12. The number of piperazine rings is 1. The lowest BCUT2D eigenvalue weighted by atomic mass is 10.1. The molecule has 148 valence electrons. The highest BCUT2D eigenvalue weighted by atomic mass is 19.1. The van der Waals surface area contributed by atoms with Crippen LogP contribution in [0.3, 0.4) is 0 Å². The minimum Gasteiger partial charge on any atom is -0.344 e. The van der Waals surface area contributed by atoms with E-state index in [0.29, 0.717) is 5.69 Å². The Hall–Kier alpha value is -3.32. The first-order valence-corrected chi connectivity index (χ1v) is 9.66. The van der Waals surface area contributed by atoms with Gasteiger partial charge in [-0.25, -0.2) is 4.39 Å². The number of anilines is 2. The van der Waals surface area contributed by atoms with Crippen LogP contribution in [0.25, 0.3) is 11.3 Å². The third kappa shape index (κ3) is 4.57. The van der Waals surface area contributed by atoms with E-state index in [1.54, 1.807) is 18.2 Å². The Morgan fingerprint density at radius 1 is 1.03 bits per heavy atom. The van der Waals surface area contributed by atoms with Crippen LogP contribution >= 0.6 is 0 Å². The van der Waals surface area contributed by atoms with Crippen LogP contribution in [0.1, 0.15) is 10.4 Å². The van der Waals surface area contributed by atoms with E-state index in [4.69, 9.17) is 0 Å². The first-order chi connectivity index (χ1) is 14.1. The summed E-state index contributed by atoms with van der Waals surface area (Å²) in [6.45, 7) is 4.18. The van der Waals surface area contributed by atoms with Gasteiger partial charge in [0.25, 0.3) is 5.91 Å². The van der Waals surface area contributed by atoms with E-state index < -0.39 is 5.82 Å². The normalized spacial score (nSPS) is 14.6. The molecule has 2 aromatic carbocycles. The second kappa shape index (κ2) is 8.36. The molecule has 3 aromatic rings. The minimum atomic E-state index is -0.437. The number of nitrogens with one attached hydrogen (secondary N) is 2. The Morgan fingerprint density at radius 2 is 1.79 bits per heavy atom. The van der Waals surface area contributed by atoms with Crippen LogP contribution in [-0.4, -0.2) is 49.3 Å². The summed E-state index contributed by atoms with van der Waals surface area (Å²) < 4.78 is 13.3. The lowest BCUT2D eigenvalue weighted by molar-refractivity contribution is -0.880. The minimum absolute atomic E-state index is 0.279. The zero-order valence-corrected chi connectivity index (χ0v) is 16.2. The van der Waals surface area contributed by atoms with Gasteiger partial charge in [-0.2, -0.15) is 0 Å². The number of aromatic nitrogens is 2. The number of hydrogen-bond acceptors (Lipinski definition) is 4. The SMILES string of the molecule is C[NH+]1CCN(c2ccc(-c3ccc(NC(=O)c4cccc(F)c4)cc3)nn2)CC1. The zero-order chi connectivity index (χ0) is 20.2. The average molecular weight is 392 g/mol. The second-order valence-electron chi connectivity index (χ2n) is 7.26. The highest BCUT2D eigenvalue weighted by Gasteiger charge is 2.18. The fourth-order valence-electron chi connectivity index (χ4n) is 3.32. The number of likely N-dealkylation sites (N-methyl/N-ethyl adjacent to an activating group) is 1. The molecule has 4 rings (SSSR count). The van der Waals surface area contributed by atoms with Crippen molar-refractivity contribution >= 4 is 17.4 Å². The molecule has 2 heterocycles. The molecule has 0 aliphatic carbocycles. The molecule has 29 heavy (non-hydrogen) atoms. The molecule has 6 nitrogen and oxygen atoms in total. The number of amides is 1. The first-order valence-electron chi connectivity index (χ1n) is 9.66. The van der Waals surface area contributed by atoms with Crippen LogP contribution in [0, 0.1) is 5.82 Å². The zero-order valence-electron chi connectivity index (χ0n) is 16.2. The summed E-state index contributed by atoms with van der Waals surface area (Å²) >= 11 is 0. The molecule has 1 saturated heterocycles. The van der Waals surface area contributed by atoms with E-state index in [2.05, 4.69) is 27.5 Å². The van der Waals surface area contributed by atoms with E-state index in [-0.39, 0.29) is 11.5 Å². The van der Waals surface area contributed by atoms with Gasteiger partial charge in [0.15, 0.2) is 5.82 Å². The van der Waals surface area contributed by atoms with Crippen molar-refractivity contribution in [1.82, 2.24) is 10.2 Å². The predicted octanol–water partition coefficient (Wildman–Crippen LogP) is 1.87. The van der Waals surface area contributed by atoms with Crippen molar-refractivity contribution in [2.45, 2.75) is 0 Å². The summed E-state index contributed by atoms with van der Waals surface area (Å²) in [7, 11) is 2.20. The van der Waals surface area contributed by atoms with Crippen LogP contribution in [0.5, 0.6) is 0 Å². The van der Waals surface area contributed by atoms with E-state index in [0.717, 1.165) is 43.3 Å². The molecule has 7 heteroatoms. The smallest absolute Gasteiger partial charge is 0.255 e. The van der Waals surface area contributed by atoms with Gasteiger partial charge >= 0.3 is 0 Å². The van der Waals surface area contributed by atoms with Crippen LogP contribution in [0.15, 0.2) is 60.7 Å². The highest BCUT2D eigenvalue weighted by molar-refractivity contribution is 6.04. The van der Waals surface area contributed by atoms with E-state index in [1.165, 1.54) is 23.1 Å². The Labute approximate surface area is 169 Å². The van der Waals surface area contributed by atoms with Crippen LogP contribution in [-0.2, 0) is 0 Å². The quantitative estimate of drug-likeness (QED) is 0.712. The number of benzene rings is 2. The van der Waals surface area contributed by atoms with Crippen molar-refractivity contribution in [3.8, 4) is 11.3 Å². The topological polar surface area (TPSA) is 62.6 Å². The maximum absolute atomic E-state index is 13.3. The summed E-state index contributed by atoms with van der Waals surface area (Å²) in [6, 6.07) is 16.9. The summed E-state index contributed by atoms with van der Waals surface area (Å²) in [4.78, 5) is 16.0. The Bertz CT molecular complexity index is 983. The lowest BCUT2D eigenvalue weighted by Crippen LogP contribution is -3.12. The second-order valence-corrected chi connectivity index (χ2v) is 7.26. The largest absolute Gasteiger partial charge is 0.344 e. The molecule has 0 radical (unpaired) electrons. The standard InChI is InChI=1S/C22H22FN5O/c1-27-11-13-28(14-12-27)21-10-9-20(25-26-21)16-5-7-19(8-6-16)24-22(29)17-3-2-4-18(23)15-17/h2-10,15H,11-14H2,1H3,(H,24,29)/p+1. The van der Waals surface area contributed by atoms with Crippen molar-refractivity contribution in [2.75, 3.05) is 43.4 Å². The molecule has 0 unspecified atom stereocenters. The summed E-state index contributed by atoms with van der Waals surface area (Å²) in [5.41, 5.74) is 2.60. The molecule has 0 saturated carbocycles. The molecular formula is C22H23FN5O+. The monoisotopic (exact) mass is 392 g/mol. The van der Waals surface area contributed by atoms with Crippen LogP contribution in [0.2, 0.25) is 0 Å². The molecular weight excluding hydrogens is 369 g/mol. The van der Waals surface area contributed by atoms with Crippen LogP contribution < -0.4 is 15.1 Å². The predicted molar refractivity (Wildman–Crippen MR) is 111 cm³/mol. The molecule has 1 fully saturated rings. The van der Waals surface area contributed by atoms with E-state index in [1.807, 2.05) is 24.3 Å². The van der Waals surface area contributed by atoms with Gasteiger partial charge in [0.2, 0.25) is 0 Å². The third-order valence-corrected chi connectivity index (χ3v) is 5.12. The average Bonchev–Trinajstić information content (AvgIpc) is 2.75. The van der Waals surface area contributed by atoms with Crippen LogP contribution in [0.4, 0.5) is 15.9 Å². The van der Waals surface area contributed by atoms with Gasteiger partial charge in [0, 0.05) is 16.8 Å². The summed E-state index contributed by atoms with van der Waals surface area (Å²) in [5, 5.41) is 11.5. The van der Waals surface area contributed by atoms with Gasteiger partial charge < -0.3 is 15.1 Å². The van der Waals surface area contributed by atoms with Crippen molar-refractivity contribution in [3.63, 3.8) is 0 Å². The number of rotatable bonds is 4. The maximum Gasteiger partial charge on any atom is 0.255 e. The molecule has 1 aliphatic heterocycles. The number of quaternary nitrogens is 1. The van der Waals surface area contributed by atoms with Gasteiger partial charge in [-0.3, -0.25) is 4.79 Å². The fourth-order valence-corrected chi connectivity index (χ4v) is 3.32. The lowest BCUT2D eigenvalue weighted by Gasteiger charge is -2.30. The van der Waals surface area contributed by atoms with E-state index in [9.17, 15) is 9.18 Å². The van der Waals surface area contributed by atoms with Gasteiger partial charge in [0.05, 0.1) is 38.9 Å². The molecule has 1 aliphatic rings. The molecule has 0 atom stereocenters. The van der Waals surface area contributed by atoms with Crippen molar-refractivity contribution in [1.29, 1.82) is 0 Å². The van der Waals surface area contributed by atoms with Crippen molar-refractivity contribution < 1.29 is 14.1 Å².